The highest BCUT2D eigenvalue weighted by molar-refractivity contribution is 8.14. The molecule has 0 aliphatic carbocycles. The number of thioether (sulfide) groups is 1. The van der Waals surface area contributed by atoms with Crippen LogP contribution in [0.2, 0.25) is 5.02 Å². The molecule has 1 fully saturated rings. The Kier molecular flexibility index (Phi) is 4.03. The van der Waals surface area contributed by atoms with Gasteiger partial charge < -0.3 is 4.90 Å². The van der Waals surface area contributed by atoms with E-state index < -0.39 is 9.84 Å². The molecule has 2 aliphatic heterocycles. The number of halogens is 1. The van der Waals surface area contributed by atoms with Gasteiger partial charge in [-0.15, -0.1) is 6.58 Å². The minimum atomic E-state index is -3.00. The number of hydrogen-bond acceptors (Lipinski definition) is 5. The van der Waals surface area contributed by atoms with Crippen molar-refractivity contribution in [3.8, 4) is 0 Å². The van der Waals surface area contributed by atoms with E-state index in [4.69, 9.17) is 11.6 Å². The van der Waals surface area contributed by atoms with E-state index in [2.05, 4.69) is 11.6 Å². The normalized spacial score (nSPS) is 26.5. The summed E-state index contributed by atoms with van der Waals surface area (Å²) in [7, 11) is -3.00. The smallest absolute Gasteiger partial charge is 0.164 e. The summed E-state index contributed by atoms with van der Waals surface area (Å²) in [5.74, 6) is 1.04. The van der Waals surface area contributed by atoms with Gasteiger partial charge in [0, 0.05) is 16.5 Å². The van der Waals surface area contributed by atoms with Crippen molar-refractivity contribution in [2.75, 3.05) is 22.2 Å². The van der Waals surface area contributed by atoms with Crippen LogP contribution in [0.15, 0.2) is 41.9 Å². The van der Waals surface area contributed by atoms with Crippen molar-refractivity contribution in [2.45, 2.75) is 12.1 Å². The number of aliphatic imine (C=N–C) groups is 1. The maximum absolute atomic E-state index is 11.9. The molecule has 112 valence electrons. The lowest BCUT2D eigenvalue weighted by molar-refractivity contribution is 0.601. The van der Waals surface area contributed by atoms with Gasteiger partial charge in [-0.05, 0) is 24.3 Å². The largest absolute Gasteiger partial charge is 0.315 e. The summed E-state index contributed by atoms with van der Waals surface area (Å²) in [5, 5.41) is 1.52. The molecule has 1 aromatic carbocycles. The highest BCUT2D eigenvalue weighted by atomic mass is 35.5. The van der Waals surface area contributed by atoms with Crippen LogP contribution in [0.25, 0.3) is 0 Å². The number of nitrogens with zero attached hydrogens (tertiary/aromatic N) is 2. The number of rotatable bonds is 3. The highest BCUT2D eigenvalue weighted by Gasteiger charge is 2.46. The third-order valence-electron chi connectivity index (χ3n) is 3.54. The summed E-state index contributed by atoms with van der Waals surface area (Å²) in [6.07, 6.45) is 1.82. The van der Waals surface area contributed by atoms with Gasteiger partial charge >= 0.3 is 0 Å². The molecule has 0 amide bonds. The van der Waals surface area contributed by atoms with Crippen LogP contribution in [0.5, 0.6) is 0 Å². The molecule has 0 unspecified atom stereocenters. The lowest BCUT2D eigenvalue weighted by Crippen LogP contribution is -2.39. The minimum Gasteiger partial charge on any atom is -0.315 e. The Morgan fingerprint density at radius 1 is 1.38 bits per heavy atom. The molecule has 0 saturated carbocycles. The summed E-state index contributed by atoms with van der Waals surface area (Å²) in [6.45, 7) is 3.72. The fourth-order valence-electron chi connectivity index (χ4n) is 2.67. The van der Waals surface area contributed by atoms with Crippen LogP contribution in [0.1, 0.15) is 0 Å². The van der Waals surface area contributed by atoms with E-state index in [1.54, 1.807) is 11.8 Å². The molecule has 2 atom stereocenters. The summed E-state index contributed by atoms with van der Waals surface area (Å²) >= 11 is 7.51. The van der Waals surface area contributed by atoms with E-state index in [-0.39, 0.29) is 23.6 Å². The van der Waals surface area contributed by atoms with E-state index in [0.29, 0.717) is 5.02 Å². The van der Waals surface area contributed by atoms with E-state index in [1.807, 2.05) is 35.2 Å². The van der Waals surface area contributed by atoms with Crippen LogP contribution in [-0.2, 0) is 9.84 Å². The van der Waals surface area contributed by atoms with Gasteiger partial charge in [-0.25, -0.2) is 8.42 Å². The number of benzene rings is 1. The number of hydrogen-bond donors (Lipinski definition) is 0. The molecule has 0 spiro atoms. The summed E-state index contributed by atoms with van der Waals surface area (Å²) in [4.78, 5) is 6.64. The van der Waals surface area contributed by atoms with Crippen molar-refractivity contribution in [1.82, 2.24) is 0 Å². The fourth-order valence-corrected chi connectivity index (χ4v) is 5.50. The van der Waals surface area contributed by atoms with E-state index in [9.17, 15) is 8.42 Å². The summed E-state index contributed by atoms with van der Waals surface area (Å²) in [6, 6.07) is 7.15. The van der Waals surface area contributed by atoms with Crippen molar-refractivity contribution in [2.24, 2.45) is 4.99 Å². The lowest BCUT2D eigenvalue weighted by Gasteiger charge is -2.26. The zero-order chi connectivity index (χ0) is 15.0. The molecule has 4 nitrogen and oxygen atoms in total. The molecule has 0 aromatic heterocycles. The maximum atomic E-state index is 11.9. The first-order chi connectivity index (χ1) is 10.00. The highest BCUT2D eigenvalue weighted by Crippen LogP contribution is 2.35. The van der Waals surface area contributed by atoms with Gasteiger partial charge in [-0.2, -0.15) is 0 Å². The third-order valence-corrected chi connectivity index (χ3v) is 6.46. The van der Waals surface area contributed by atoms with Crippen LogP contribution in [0.3, 0.4) is 0 Å². The number of anilines is 1. The molecule has 0 N–H and O–H groups in total. The van der Waals surface area contributed by atoms with Crippen LogP contribution < -0.4 is 4.90 Å². The average Bonchev–Trinajstić information content (AvgIpc) is 2.89. The topological polar surface area (TPSA) is 49.7 Å². The monoisotopic (exact) mass is 342 g/mol. The minimum absolute atomic E-state index is 0.108. The first kappa shape index (κ1) is 14.9. The van der Waals surface area contributed by atoms with Gasteiger partial charge in [0.05, 0.1) is 23.6 Å². The Labute approximate surface area is 133 Å². The molecule has 0 bridgehead atoms. The summed E-state index contributed by atoms with van der Waals surface area (Å²) in [5.41, 5.74) is 0.930. The molecular formula is C14H15ClN2O2S2. The zero-order valence-corrected chi connectivity index (χ0v) is 13.7. The summed E-state index contributed by atoms with van der Waals surface area (Å²) < 4.78 is 23.7. The van der Waals surface area contributed by atoms with E-state index in [1.165, 1.54) is 0 Å². The van der Waals surface area contributed by atoms with Gasteiger partial charge in [-0.3, -0.25) is 4.99 Å². The molecule has 2 heterocycles. The first-order valence-electron chi connectivity index (χ1n) is 6.57. The fraction of sp³-hybridized carbons (Fsp3) is 0.357. The molecule has 0 radical (unpaired) electrons. The lowest BCUT2D eigenvalue weighted by atomic mass is 10.1. The maximum Gasteiger partial charge on any atom is 0.164 e. The Morgan fingerprint density at radius 3 is 2.76 bits per heavy atom. The number of amidine groups is 1. The molecular weight excluding hydrogens is 328 g/mol. The number of fused-ring (bicyclic) bond motifs is 1. The Hall–Kier alpha value is -0.980. The first-order valence-corrected chi connectivity index (χ1v) is 9.75. The van der Waals surface area contributed by atoms with Crippen molar-refractivity contribution in [3.63, 3.8) is 0 Å². The van der Waals surface area contributed by atoms with Crippen molar-refractivity contribution < 1.29 is 8.42 Å². The Morgan fingerprint density at radius 2 is 2.10 bits per heavy atom. The van der Waals surface area contributed by atoms with Crippen molar-refractivity contribution in [1.29, 1.82) is 0 Å². The Bertz CT molecular complexity index is 685. The zero-order valence-electron chi connectivity index (χ0n) is 11.3. The molecule has 7 heteroatoms. The molecule has 3 rings (SSSR count). The van der Waals surface area contributed by atoms with Gasteiger partial charge in [0.25, 0.3) is 0 Å². The average molecular weight is 343 g/mol. The van der Waals surface area contributed by atoms with E-state index >= 15 is 0 Å². The Balaban J connectivity index is 1.95. The van der Waals surface area contributed by atoms with Crippen LogP contribution in [0.4, 0.5) is 5.69 Å². The van der Waals surface area contributed by atoms with Gasteiger partial charge in [0.2, 0.25) is 0 Å². The molecule has 2 aliphatic rings. The third kappa shape index (κ3) is 2.98. The predicted octanol–water partition coefficient (Wildman–Crippen LogP) is 2.60. The standard InChI is InChI=1S/C14H15ClN2O2S2/c1-2-7-20-14-16-12-8-21(18,19)9-13(12)17(14)11-5-3-10(15)4-6-11/h2-6,12-13H,1,7-9H2/t12-,13-/m0/s1. The second kappa shape index (κ2) is 5.66. The second-order valence-corrected chi connectivity index (χ2v) is 8.65. The quantitative estimate of drug-likeness (QED) is 0.792. The predicted molar refractivity (Wildman–Crippen MR) is 90.3 cm³/mol. The van der Waals surface area contributed by atoms with Gasteiger partial charge in [0.1, 0.15) is 0 Å². The van der Waals surface area contributed by atoms with Crippen LogP contribution in [0, 0.1) is 0 Å². The molecule has 1 aromatic rings. The van der Waals surface area contributed by atoms with Crippen molar-refractivity contribution in [3.05, 3.63) is 41.9 Å². The molecule has 21 heavy (non-hydrogen) atoms. The van der Waals surface area contributed by atoms with Crippen LogP contribution >= 0.6 is 23.4 Å². The molecule has 1 saturated heterocycles. The SMILES string of the molecule is C=CCSC1=N[C@H]2CS(=O)(=O)C[C@@H]2N1c1ccc(Cl)cc1. The van der Waals surface area contributed by atoms with Gasteiger partial charge in [-0.1, -0.05) is 29.4 Å². The van der Waals surface area contributed by atoms with Gasteiger partial charge in [0.15, 0.2) is 15.0 Å². The van der Waals surface area contributed by atoms with E-state index in [0.717, 1.165) is 16.6 Å². The number of sulfone groups is 1. The van der Waals surface area contributed by atoms with Crippen LogP contribution in [-0.4, -0.2) is 42.9 Å². The second-order valence-electron chi connectivity index (χ2n) is 5.07. The van der Waals surface area contributed by atoms with Crippen molar-refractivity contribution >= 4 is 44.1 Å².